The van der Waals surface area contributed by atoms with Gasteiger partial charge in [-0.05, 0) is 22.8 Å². The number of hydrogen-bond donors (Lipinski definition) is 2. The van der Waals surface area contributed by atoms with Crippen molar-refractivity contribution in [2.24, 2.45) is 0 Å². The normalized spacial score (nSPS) is 11.1. The second-order valence-corrected chi connectivity index (χ2v) is 10.1. The second-order valence-electron chi connectivity index (χ2n) is 9.20. The van der Waals surface area contributed by atoms with E-state index in [0.29, 0.717) is 5.75 Å². The molecule has 0 heterocycles. The van der Waals surface area contributed by atoms with Gasteiger partial charge in [-0.15, -0.1) is 0 Å². The molecule has 0 saturated heterocycles. The summed E-state index contributed by atoms with van der Waals surface area (Å²) in [4.78, 5) is 23.6. The van der Waals surface area contributed by atoms with Gasteiger partial charge in [0.15, 0.2) is 6.61 Å². The van der Waals surface area contributed by atoms with Crippen LogP contribution in [0.3, 0.4) is 0 Å². The molecule has 0 aliphatic heterocycles. The SMILES string of the molecule is CC(=O)OCC(=O)Oc1cccc(C(C)(C)c2ccccc2)c1C(C)(C)c1ccccc1.[O]=[Ti]([OH])[OH]. The van der Waals surface area contributed by atoms with E-state index in [1.807, 2.05) is 42.5 Å². The van der Waals surface area contributed by atoms with Crippen molar-refractivity contribution in [3.63, 3.8) is 0 Å². The number of ether oxygens (including phenoxy) is 2. The fourth-order valence-corrected chi connectivity index (χ4v) is 4.10. The molecular formula is C28H32O7Ti. The first-order valence-electron chi connectivity index (χ1n) is 11.4. The Kier molecular flexibility index (Phi) is 10.4. The third-order valence-corrected chi connectivity index (χ3v) is 5.93. The van der Waals surface area contributed by atoms with Gasteiger partial charge in [-0.25, -0.2) is 4.79 Å². The molecule has 36 heavy (non-hydrogen) atoms. The van der Waals surface area contributed by atoms with Crippen molar-refractivity contribution in [2.45, 2.75) is 45.4 Å². The zero-order valence-corrected chi connectivity index (χ0v) is 22.7. The molecule has 3 aromatic rings. The van der Waals surface area contributed by atoms with Crippen LogP contribution in [0.2, 0.25) is 0 Å². The molecule has 7 nitrogen and oxygen atoms in total. The van der Waals surface area contributed by atoms with Gasteiger partial charge >= 0.3 is 41.3 Å². The van der Waals surface area contributed by atoms with Crippen LogP contribution in [0.15, 0.2) is 78.9 Å². The summed E-state index contributed by atoms with van der Waals surface area (Å²) < 4.78 is 33.8. The fraction of sp³-hybridized carbons (Fsp3) is 0.286. The van der Waals surface area contributed by atoms with E-state index in [2.05, 4.69) is 58.0 Å². The summed E-state index contributed by atoms with van der Waals surface area (Å²) >= 11 is -3.58. The average Bonchev–Trinajstić information content (AvgIpc) is 2.83. The number of esters is 2. The summed E-state index contributed by atoms with van der Waals surface area (Å²) in [6, 6.07) is 26.2. The number of benzene rings is 3. The minimum atomic E-state index is -3.58. The fourth-order valence-electron chi connectivity index (χ4n) is 4.10. The number of hydrogen-bond acceptors (Lipinski definition) is 5. The van der Waals surface area contributed by atoms with Crippen LogP contribution in [-0.2, 0) is 47.1 Å². The predicted octanol–water partition coefficient (Wildman–Crippen LogP) is 4.57. The van der Waals surface area contributed by atoms with Gasteiger partial charge in [-0.2, -0.15) is 0 Å². The van der Waals surface area contributed by atoms with Crippen molar-refractivity contribution in [3.8, 4) is 5.75 Å². The molecule has 0 radical (unpaired) electrons. The molecule has 3 aromatic carbocycles. The molecule has 0 atom stereocenters. The molecule has 0 aliphatic carbocycles. The van der Waals surface area contributed by atoms with Crippen LogP contribution in [0.4, 0.5) is 0 Å². The van der Waals surface area contributed by atoms with E-state index < -0.39 is 42.6 Å². The van der Waals surface area contributed by atoms with Crippen LogP contribution in [-0.4, -0.2) is 25.9 Å². The van der Waals surface area contributed by atoms with Crippen LogP contribution >= 0.6 is 0 Å². The third-order valence-electron chi connectivity index (χ3n) is 5.93. The summed E-state index contributed by atoms with van der Waals surface area (Å²) in [6.07, 6.45) is 0. The standard InChI is InChI=1S/C28H30O4.2H2O.O.Ti/c1-20(29)31-19-25(30)32-24-18-12-17-23(27(2,3)21-13-8-6-9-14-21)26(24)28(4,5)22-15-10-7-11-16-22;;;;/h6-18H,19H2,1-5H3;2*1H2;;/q;;;;+2/p-2. The van der Waals surface area contributed by atoms with Gasteiger partial charge < -0.3 is 9.47 Å². The molecule has 0 aliphatic rings. The van der Waals surface area contributed by atoms with Gasteiger partial charge in [0.25, 0.3) is 0 Å². The van der Waals surface area contributed by atoms with Crippen molar-refractivity contribution < 1.29 is 48.4 Å². The minimum absolute atomic E-state index is 0.346. The first kappa shape index (κ1) is 29.3. The van der Waals surface area contributed by atoms with Gasteiger partial charge in [-0.3, -0.25) is 4.79 Å². The molecule has 0 unspecified atom stereocenters. The van der Waals surface area contributed by atoms with Crippen LogP contribution in [0, 0.1) is 0 Å². The molecular weight excluding hydrogens is 496 g/mol. The Bertz CT molecular complexity index is 1190. The molecule has 0 aromatic heterocycles. The molecule has 2 N–H and O–H groups in total. The van der Waals surface area contributed by atoms with E-state index in [-0.39, 0.29) is 5.41 Å². The zero-order valence-electron chi connectivity index (χ0n) is 21.1. The van der Waals surface area contributed by atoms with E-state index in [1.54, 1.807) is 6.07 Å². The maximum absolute atomic E-state index is 12.5. The quantitative estimate of drug-likeness (QED) is 0.263. The second kappa shape index (κ2) is 12.8. The van der Waals surface area contributed by atoms with Crippen molar-refractivity contribution in [1.82, 2.24) is 0 Å². The summed E-state index contributed by atoms with van der Waals surface area (Å²) in [5.41, 5.74) is 3.45. The van der Waals surface area contributed by atoms with Crippen molar-refractivity contribution >= 4 is 11.9 Å². The molecule has 0 spiro atoms. The van der Waals surface area contributed by atoms with Crippen molar-refractivity contribution in [3.05, 3.63) is 101 Å². The zero-order chi connectivity index (χ0) is 26.9. The van der Waals surface area contributed by atoms with Crippen LogP contribution in [0.5, 0.6) is 5.75 Å². The van der Waals surface area contributed by atoms with Gasteiger partial charge in [0.05, 0.1) is 0 Å². The van der Waals surface area contributed by atoms with Gasteiger partial charge in [0.1, 0.15) is 5.75 Å². The number of rotatable bonds is 7. The first-order valence-corrected chi connectivity index (χ1v) is 13.4. The summed E-state index contributed by atoms with van der Waals surface area (Å²) in [6.45, 7) is 9.45. The van der Waals surface area contributed by atoms with Crippen LogP contribution in [0.1, 0.15) is 56.9 Å². The van der Waals surface area contributed by atoms with E-state index in [4.69, 9.17) is 20.2 Å². The van der Waals surface area contributed by atoms with Crippen LogP contribution in [0.25, 0.3) is 0 Å². The summed E-state index contributed by atoms with van der Waals surface area (Å²) in [7, 11) is 0. The Morgan fingerprint density at radius 2 is 1.25 bits per heavy atom. The monoisotopic (exact) mass is 528 g/mol. The van der Waals surface area contributed by atoms with Crippen molar-refractivity contribution in [1.29, 1.82) is 0 Å². The van der Waals surface area contributed by atoms with E-state index in [9.17, 15) is 9.59 Å². The average molecular weight is 528 g/mol. The molecule has 0 saturated carbocycles. The summed E-state index contributed by atoms with van der Waals surface area (Å²) in [5, 5.41) is 0. The Morgan fingerprint density at radius 1 is 0.778 bits per heavy atom. The Morgan fingerprint density at radius 3 is 1.72 bits per heavy atom. The Labute approximate surface area is 218 Å². The molecule has 0 fully saturated rings. The van der Waals surface area contributed by atoms with E-state index in [0.717, 1.165) is 22.3 Å². The number of carbonyl (C=O) groups is 2. The van der Waals surface area contributed by atoms with Gasteiger partial charge in [0, 0.05) is 23.3 Å². The molecule has 8 heteroatoms. The third kappa shape index (κ3) is 7.77. The Hall–Kier alpha value is -2.97. The van der Waals surface area contributed by atoms with E-state index >= 15 is 0 Å². The molecule has 0 bridgehead atoms. The molecule has 190 valence electrons. The first-order chi connectivity index (χ1) is 16.9. The Balaban J connectivity index is 0.00000106. The summed E-state index contributed by atoms with van der Waals surface area (Å²) in [5.74, 6) is -0.664. The molecule has 3 rings (SSSR count). The van der Waals surface area contributed by atoms with Crippen molar-refractivity contribution in [2.75, 3.05) is 6.61 Å². The van der Waals surface area contributed by atoms with Gasteiger partial charge in [0.2, 0.25) is 0 Å². The van der Waals surface area contributed by atoms with E-state index in [1.165, 1.54) is 6.92 Å². The molecule has 0 amide bonds. The number of carbonyl (C=O) groups excluding carboxylic acids is 2. The van der Waals surface area contributed by atoms with Crippen LogP contribution < -0.4 is 4.74 Å². The topological polar surface area (TPSA) is 110 Å². The van der Waals surface area contributed by atoms with Gasteiger partial charge in [-0.1, -0.05) is 100 Å². The maximum atomic E-state index is 12.5. The predicted molar refractivity (Wildman–Crippen MR) is 131 cm³/mol.